The maximum Gasteiger partial charge on any atom is 0.306 e. The van der Waals surface area contributed by atoms with Crippen molar-refractivity contribution in [3.8, 4) is 0 Å². The van der Waals surface area contributed by atoms with E-state index in [0.717, 1.165) is 38.2 Å². The van der Waals surface area contributed by atoms with E-state index < -0.39 is 5.97 Å². The molecule has 0 saturated heterocycles. The summed E-state index contributed by atoms with van der Waals surface area (Å²) in [6.07, 6.45) is 10.5. The fourth-order valence-corrected chi connectivity index (χ4v) is 3.82. The lowest BCUT2D eigenvalue weighted by Gasteiger charge is -2.41. The highest BCUT2D eigenvalue weighted by Crippen LogP contribution is 2.43. The second-order valence-corrected chi connectivity index (χ2v) is 6.38. The standard InChI is InChI=1S/C16H28O3/c1-2-3-4-9-19-15-8-7-12-10-14(16(17)18)6-5-13(12)11-15/h12-15H,2-11H2,1H3,(H,17,18). The Kier molecular flexibility index (Phi) is 5.68. The number of carbonyl (C=O) groups is 1. The molecule has 2 aliphatic rings. The van der Waals surface area contributed by atoms with Crippen LogP contribution in [0.2, 0.25) is 0 Å². The number of hydrogen-bond acceptors (Lipinski definition) is 2. The van der Waals surface area contributed by atoms with Gasteiger partial charge in [-0.2, -0.15) is 0 Å². The zero-order valence-electron chi connectivity index (χ0n) is 12.1. The minimum Gasteiger partial charge on any atom is -0.481 e. The second-order valence-electron chi connectivity index (χ2n) is 6.38. The molecule has 0 aromatic heterocycles. The molecule has 2 saturated carbocycles. The van der Waals surface area contributed by atoms with Crippen molar-refractivity contribution in [1.29, 1.82) is 0 Å². The lowest BCUT2D eigenvalue weighted by molar-refractivity contribution is -0.144. The van der Waals surface area contributed by atoms with Crippen LogP contribution in [0.25, 0.3) is 0 Å². The van der Waals surface area contributed by atoms with Gasteiger partial charge < -0.3 is 9.84 Å². The zero-order valence-corrected chi connectivity index (χ0v) is 12.1. The Labute approximate surface area is 116 Å². The first-order valence-corrected chi connectivity index (χ1v) is 8.05. The summed E-state index contributed by atoms with van der Waals surface area (Å²) >= 11 is 0. The monoisotopic (exact) mass is 268 g/mol. The average molecular weight is 268 g/mol. The number of fused-ring (bicyclic) bond motifs is 1. The molecule has 0 bridgehead atoms. The number of rotatable bonds is 6. The maximum atomic E-state index is 11.1. The summed E-state index contributed by atoms with van der Waals surface area (Å²) < 4.78 is 5.99. The average Bonchev–Trinajstić information content (AvgIpc) is 2.43. The summed E-state index contributed by atoms with van der Waals surface area (Å²) in [6.45, 7) is 3.12. The van der Waals surface area contributed by atoms with Crippen LogP contribution in [0.15, 0.2) is 0 Å². The molecule has 4 unspecified atom stereocenters. The Morgan fingerprint density at radius 2 is 1.84 bits per heavy atom. The van der Waals surface area contributed by atoms with Crippen LogP contribution in [0, 0.1) is 17.8 Å². The topological polar surface area (TPSA) is 46.5 Å². The van der Waals surface area contributed by atoms with Crippen molar-refractivity contribution in [1.82, 2.24) is 0 Å². The van der Waals surface area contributed by atoms with E-state index in [9.17, 15) is 4.79 Å². The maximum absolute atomic E-state index is 11.1. The SMILES string of the molecule is CCCCCOC1CCC2CC(C(=O)O)CCC2C1. The minimum atomic E-state index is -0.587. The molecule has 110 valence electrons. The van der Waals surface area contributed by atoms with Crippen LogP contribution in [-0.4, -0.2) is 23.8 Å². The first kappa shape index (κ1) is 14.8. The van der Waals surface area contributed by atoms with Gasteiger partial charge in [-0.25, -0.2) is 0 Å². The van der Waals surface area contributed by atoms with E-state index in [2.05, 4.69) is 6.92 Å². The van der Waals surface area contributed by atoms with Gasteiger partial charge in [0, 0.05) is 6.61 Å². The lowest BCUT2D eigenvalue weighted by Crippen LogP contribution is -2.36. The van der Waals surface area contributed by atoms with E-state index in [4.69, 9.17) is 9.84 Å². The Morgan fingerprint density at radius 1 is 1.11 bits per heavy atom. The zero-order chi connectivity index (χ0) is 13.7. The molecule has 0 aromatic rings. The van der Waals surface area contributed by atoms with Crippen molar-refractivity contribution in [2.75, 3.05) is 6.61 Å². The van der Waals surface area contributed by atoms with Crippen LogP contribution < -0.4 is 0 Å². The van der Waals surface area contributed by atoms with Gasteiger partial charge in [-0.05, 0) is 56.8 Å². The Morgan fingerprint density at radius 3 is 2.58 bits per heavy atom. The summed E-state index contributed by atoms with van der Waals surface area (Å²) in [7, 11) is 0. The predicted molar refractivity (Wildman–Crippen MR) is 75.1 cm³/mol. The molecule has 19 heavy (non-hydrogen) atoms. The van der Waals surface area contributed by atoms with Gasteiger partial charge in [-0.3, -0.25) is 4.79 Å². The predicted octanol–water partition coefficient (Wildman–Crippen LogP) is 3.86. The van der Waals surface area contributed by atoms with Gasteiger partial charge in [0.15, 0.2) is 0 Å². The largest absolute Gasteiger partial charge is 0.481 e. The summed E-state index contributed by atoms with van der Waals surface area (Å²) in [6, 6.07) is 0. The minimum absolute atomic E-state index is 0.0803. The summed E-state index contributed by atoms with van der Waals surface area (Å²) in [5, 5.41) is 9.12. The van der Waals surface area contributed by atoms with E-state index >= 15 is 0 Å². The molecule has 0 spiro atoms. The first-order chi connectivity index (χ1) is 9.20. The molecule has 0 amide bonds. The number of aliphatic carboxylic acids is 1. The highest BCUT2D eigenvalue weighted by molar-refractivity contribution is 5.70. The van der Waals surface area contributed by atoms with Gasteiger partial charge >= 0.3 is 5.97 Å². The molecule has 3 nitrogen and oxygen atoms in total. The molecule has 2 rings (SSSR count). The number of ether oxygens (including phenoxy) is 1. The van der Waals surface area contributed by atoms with Gasteiger partial charge in [0.2, 0.25) is 0 Å². The van der Waals surface area contributed by atoms with Crippen LogP contribution in [0.3, 0.4) is 0 Å². The van der Waals surface area contributed by atoms with Crippen LogP contribution in [0.1, 0.15) is 64.7 Å². The number of hydrogen-bond donors (Lipinski definition) is 1. The van der Waals surface area contributed by atoms with Crippen LogP contribution in [-0.2, 0) is 9.53 Å². The number of carboxylic acids is 1. The first-order valence-electron chi connectivity index (χ1n) is 8.05. The third kappa shape index (κ3) is 4.20. The molecule has 0 aromatic carbocycles. The van der Waals surface area contributed by atoms with Crippen molar-refractivity contribution in [2.24, 2.45) is 17.8 Å². The van der Waals surface area contributed by atoms with Crippen LogP contribution >= 0.6 is 0 Å². The fourth-order valence-electron chi connectivity index (χ4n) is 3.82. The molecule has 2 fully saturated rings. The van der Waals surface area contributed by atoms with Gasteiger partial charge in [-0.1, -0.05) is 19.8 Å². The number of carboxylic acid groups (broad SMARTS) is 1. The fraction of sp³-hybridized carbons (Fsp3) is 0.938. The van der Waals surface area contributed by atoms with E-state index in [1.54, 1.807) is 0 Å². The van der Waals surface area contributed by atoms with Gasteiger partial charge in [-0.15, -0.1) is 0 Å². The molecule has 3 heteroatoms. The molecule has 4 atom stereocenters. The van der Waals surface area contributed by atoms with Crippen molar-refractivity contribution < 1.29 is 14.6 Å². The normalized spacial score (nSPS) is 34.8. The molecular formula is C16H28O3. The Hall–Kier alpha value is -0.570. The van der Waals surface area contributed by atoms with E-state index in [0.29, 0.717) is 12.0 Å². The van der Waals surface area contributed by atoms with E-state index in [1.807, 2.05) is 0 Å². The molecule has 0 aliphatic heterocycles. The van der Waals surface area contributed by atoms with Gasteiger partial charge in [0.1, 0.15) is 0 Å². The highest BCUT2D eigenvalue weighted by Gasteiger charge is 2.37. The smallest absolute Gasteiger partial charge is 0.306 e. The molecule has 0 radical (unpaired) electrons. The van der Waals surface area contributed by atoms with Crippen molar-refractivity contribution in [2.45, 2.75) is 70.8 Å². The van der Waals surface area contributed by atoms with Crippen molar-refractivity contribution in [3.63, 3.8) is 0 Å². The third-order valence-electron chi connectivity index (χ3n) is 5.02. The van der Waals surface area contributed by atoms with Crippen LogP contribution in [0.4, 0.5) is 0 Å². The summed E-state index contributed by atoms with van der Waals surface area (Å²) in [5.41, 5.74) is 0. The third-order valence-corrected chi connectivity index (χ3v) is 5.02. The van der Waals surface area contributed by atoms with E-state index in [1.165, 1.54) is 32.1 Å². The Balaban J connectivity index is 1.71. The van der Waals surface area contributed by atoms with Gasteiger partial charge in [0.25, 0.3) is 0 Å². The van der Waals surface area contributed by atoms with Crippen molar-refractivity contribution in [3.05, 3.63) is 0 Å². The highest BCUT2D eigenvalue weighted by atomic mass is 16.5. The molecule has 0 heterocycles. The summed E-state index contributed by atoms with van der Waals surface area (Å²) in [5.74, 6) is 0.700. The van der Waals surface area contributed by atoms with E-state index in [-0.39, 0.29) is 5.92 Å². The lowest BCUT2D eigenvalue weighted by atomic mass is 9.67. The Bertz CT molecular complexity index is 290. The molecule has 1 N–H and O–H groups in total. The molecule has 2 aliphatic carbocycles. The second kappa shape index (κ2) is 7.28. The quantitative estimate of drug-likeness (QED) is 0.744. The van der Waals surface area contributed by atoms with Crippen LogP contribution in [0.5, 0.6) is 0 Å². The van der Waals surface area contributed by atoms with Gasteiger partial charge in [0.05, 0.1) is 12.0 Å². The molecular weight excluding hydrogens is 240 g/mol. The van der Waals surface area contributed by atoms with Crippen molar-refractivity contribution >= 4 is 5.97 Å². The number of unbranched alkanes of at least 4 members (excludes halogenated alkanes) is 2. The summed E-state index contributed by atoms with van der Waals surface area (Å²) in [4.78, 5) is 11.1.